The van der Waals surface area contributed by atoms with Crippen LogP contribution in [-0.4, -0.2) is 13.2 Å². The van der Waals surface area contributed by atoms with E-state index in [1.54, 1.807) is 0 Å². The Labute approximate surface area is 67.2 Å². The molecule has 0 spiro atoms. The Morgan fingerprint density at radius 3 is 2.64 bits per heavy atom. The number of benzene rings is 1. The van der Waals surface area contributed by atoms with Crippen molar-refractivity contribution in [3.05, 3.63) is 37.4 Å². The number of rotatable bonds is 4. The van der Waals surface area contributed by atoms with Crippen molar-refractivity contribution in [3.8, 4) is 5.75 Å². The van der Waals surface area contributed by atoms with Gasteiger partial charge in [0.1, 0.15) is 12.4 Å². The highest BCUT2D eigenvalue weighted by molar-refractivity contribution is 5.20. The molecule has 1 aromatic carbocycles. The Morgan fingerprint density at radius 1 is 1.27 bits per heavy atom. The summed E-state index contributed by atoms with van der Waals surface area (Å²) in [5, 5.41) is 1.85. The van der Waals surface area contributed by atoms with Gasteiger partial charge >= 0.3 is 0 Å². The van der Waals surface area contributed by atoms with Crippen LogP contribution in [0.3, 0.4) is 0 Å². The molecule has 2 N–H and O–H groups in total. The first-order valence-electron chi connectivity index (χ1n) is 3.72. The smallest absolute Gasteiger partial charge is 0.135 e. The normalized spacial score (nSPS) is 9.55. The van der Waals surface area contributed by atoms with Gasteiger partial charge in [-0.25, -0.2) is 0 Å². The molecule has 0 saturated heterocycles. The van der Waals surface area contributed by atoms with Crippen molar-refractivity contribution in [2.75, 3.05) is 13.2 Å². The Balaban J connectivity index is 2.28. The first-order chi connectivity index (χ1) is 5.43. The molecular weight excluding hydrogens is 138 g/mol. The van der Waals surface area contributed by atoms with E-state index in [-0.39, 0.29) is 0 Å². The summed E-state index contributed by atoms with van der Waals surface area (Å²) in [4.78, 5) is 0. The number of nitrogens with two attached hydrogens (primary N) is 1. The van der Waals surface area contributed by atoms with Crippen LogP contribution in [0.5, 0.6) is 5.75 Å². The van der Waals surface area contributed by atoms with E-state index in [4.69, 9.17) is 4.74 Å². The highest BCUT2D eigenvalue weighted by atomic mass is 16.5. The van der Waals surface area contributed by atoms with Crippen molar-refractivity contribution < 1.29 is 10.1 Å². The molecule has 0 aliphatic carbocycles. The second-order valence-electron chi connectivity index (χ2n) is 2.24. The summed E-state index contributed by atoms with van der Waals surface area (Å²) in [6, 6.07) is 9.79. The van der Waals surface area contributed by atoms with Gasteiger partial charge < -0.3 is 10.1 Å². The predicted molar refractivity (Wildman–Crippen MR) is 44.1 cm³/mol. The van der Waals surface area contributed by atoms with Crippen LogP contribution >= 0.6 is 0 Å². The molecule has 0 unspecified atom stereocenters. The average molecular weight is 151 g/mol. The van der Waals surface area contributed by atoms with Crippen LogP contribution in [0.2, 0.25) is 0 Å². The minimum Gasteiger partial charge on any atom is -0.488 e. The summed E-state index contributed by atoms with van der Waals surface area (Å²) < 4.78 is 5.38. The first kappa shape index (κ1) is 8.08. The number of hydrogen-bond acceptors (Lipinski definition) is 1. The van der Waals surface area contributed by atoms with Crippen molar-refractivity contribution in [1.82, 2.24) is 0 Å². The molecule has 60 valence electrons. The predicted octanol–water partition coefficient (Wildman–Crippen LogP) is 0.420. The summed E-state index contributed by atoms with van der Waals surface area (Å²) >= 11 is 0. The van der Waals surface area contributed by atoms with E-state index in [0.29, 0.717) is 6.61 Å². The first-order valence-corrected chi connectivity index (χ1v) is 3.72. The zero-order valence-electron chi connectivity index (χ0n) is 6.49. The SMILES string of the molecule is [CH2-][NH2+]CCOc1ccccc1. The molecule has 0 aromatic heterocycles. The zero-order valence-corrected chi connectivity index (χ0v) is 6.49. The van der Waals surface area contributed by atoms with Gasteiger partial charge in [-0.15, -0.1) is 0 Å². The summed E-state index contributed by atoms with van der Waals surface area (Å²) in [6.07, 6.45) is 0. The maximum Gasteiger partial charge on any atom is 0.135 e. The van der Waals surface area contributed by atoms with E-state index in [2.05, 4.69) is 7.05 Å². The monoisotopic (exact) mass is 151 g/mol. The molecule has 11 heavy (non-hydrogen) atoms. The Kier molecular flexibility index (Phi) is 3.48. The molecular formula is C9H13NO. The molecule has 1 aromatic rings. The highest BCUT2D eigenvalue weighted by Gasteiger charge is 1.88. The summed E-state index contributed by atoms with van der Waals surface area (Å²) in [7, 11) is 3.61. The van der Waals surface area contributed by atoms with Gasteiger partial charge in [0.2, 0.25) is 0 Å². The fourth-order valence-electron chi connectivity index (χ4n) is 0.777. The molecule has 0 amide bonds. The molecule has 0 heterocycles. The third-order valence-electron chi connectivity index (χ3n) is 1.33. The maximum absolute atomic E-state index is 5.38. The third-order valence-corrected chi connectivity index (χ3v) is 1.33. The molecule has 2 nitrogen and oxygen atoms in total. The van der Waals surface area contributed by atoms with E-state index in [1.807, 2.05) is 35.6 Å². The van der Waals surface area contributed by atoms with E-state index in [9.17, 15) is 0 Å². The Hall–Kier alpha value is -1.02. The standard InChI is InChI=1S/C9H13NO/c1-10-7-8-11-9-5-3-2-4-6-9/h2-6H,1,7-8,10H2. The lowest BCUT2D eigenvalue weighted by Crippen LogP contribution is -2.78. The number of para-hydroxylation sites is 1. The number of ether oxygens (including phenoxy) is 1. The van der Waals surface area contributed by atoms with Crippen LogP contribution in [-0.2, 0) is 0 Å². The Morgan fingerprint density at radius 2 is 2.00 bits per heavy atom. The molecule has 0 fully saturated rings. The summed E-state index contributed by atoms with van der Waals surface area (Å²) in [6.45, 7) is 1.61. The van der Waals surface area contributed by atoms with Crippen molar-refractivity contribution in [2.24, 2.45) is 0 Å². The molecule has 0 saturated carbocycles. The lowest BCUT2D eigenvalue weighted by atomic mass is 10.3. The third kappa shape index (κ3) is 3.05. The van der Waals surface area contributed by atoms with E-state index in [0.717, 1.165) is 12.3 Å². The lowest BCUT2D eigenvalue weighted by molar-refractivity contribution is -0.596. The van der Waals surface area contributed by atoms with Gasteiger partial charge in [-0.05, 0) is 12.1 Å². The average Bonchev–Trinajstić information content (AvgIpc) is 2.07. The van der Waals surface area contributed by atoms with Crippen LogP contribution in [0.4, 0.5) is 0 Å². The van der Waals surface area contributed by atoms with Crippen molar-refractivity contribution in [2.45, 2.75) is 0 Å². The lowest BCUT2D eigenvalue weighted by Gasteiger charge is -2.04. The van der Waals surface area contributed by atoms with Gasteiger partial charge in [0.15, 0.2) is 0 Å². The van der Waals surface area contributed by atoms with Gasteiger partial charge in [0.25, 0.3) is 0 Å². The molecule has 0 radical (unpaired) electrons. The van der Waals surface area contributed by atoms with Gasteiger partial charge in [-0.3, -0.25) is 0 Å². The quantitative estimate of drug-likeness (QED) is 0.490. The maximum atomic E-state index is 5.38. The van der Waals surface area contributed by atoms with E-state index >= 15 is 0 Å². The van der Waals surface area contributed by atoms with Crippen molar-refractivity contribution in [1.29, 1.82) is 0 Å². The molecule has 1 rings (SSSR count). The number of quaternary nitrogens is 1. The van der Waals surface area contributed by atoms with Gasteiger partial charge in [0, 0.05) is 0 Å². The molecule has 0 atom stereocenters. The number of hydrogen-bond donors (Lipinski definition) is 1. The Bertz CT molecular complexity index is 186. The summed E-state index contributed by atoms with van der Waals surface area (Å²) in [5.74, 6) is 0.925. The van der Waals surface area contributed by atoms with Gasteiger partial charge in [0.05, 0.1) is 6.54 Å². The minimum absolute atomic E-state index is 0.716. The zero-order chi connectivity index (χ0) is 7.94. The van der Waals surface area contributed by atoms with Gasteiger partial charge in [-0.1, -0.05) is 18.2 Å². The van der Waals surface area contributed by atoms with E-state index < -0.39 is 0 Å². The minimum atomic E-state index is 0.716. The topological polar surface area (TPSA) is 25.8 Å². The molecule has 0 aliphatic heterocycles. The van der Waals surface area contributed by atoms with Gasteiger partial charge in [-0.2, -0.15) is 7.05 Å². The fourth-order valence-corrected chi connectivity index (χ4v) is 0.777. The van der Waals surface area contributed by atoms with Crippen LogP contribution in [0.1, 0.15) is 0 Å². The second-order valence-corrected chi connectivity index (χ2v) is 2.24. The van der Waals surface area contributed by atoms with E-state index in [1.165, 1.54) is 0 Å². The van der Waals surface area contributed by atoms with Crippen molar-refractivity contribution >= 4 is 0 Å². The van der Waals surface area contributed by atoms with Crippen LogP contribution in [0.25, 0.3) is 0 Å². The van der Waals surface area contributed by atoms with Crippen LogP contribution < -0.4 is 10.1 Å². The molecule has 0 bridgehead atoms. The van der Waals surface area contributed by atoms with Crippen molar-refractivity contribution in [3.63, 3.8) is 0 Å². The fraction of sp³-hybridized carbons (Fsp3) is 0.222. The van der Waals surface area contributed by atoms with Crippen LogP contribution in [0, 0.1) is 7.05 Å². The molecule has 0 aliphatic rings. The molecule has 2 heteroatoms. The second kappa shape index (κ2) is 4.74. The van der Waals surface area contributed by atoms with Crippen LogP contribution in [0.15, 0.2) is 30.3 Å². The largest absolute Gasteiger partial charge is 0.488 e. The summed E-state index contributed by atoms with van der Waals surface area (Å²) in [5.41, 5.74) is 0. The highest BCUT2D eigenvalue weighted by Crippen LogP contribution is 2.06.